The van der Waals surface area contributed by atoms with Crippen LogP contribution in [0.15, 0.2) is 30.3 Å². The van der Waals surface area contributed by atoms with E-state index >= 15 is 0 Å². The average Bonchev–Trinajstić information content (AvgIpc) is 3.12. The summed E-state index contributed by atoms with van der Waals surface area (Å²) in [6, 6.07) is 9.89. The average molecular weight is 426 g/mol. The van der Waals surface area contributed by atoms with Gasteiger partial charge in [-0.05, 0) is 56.7 Å². The van der Waals surface area contributed by atoms with Crippen molar-refractivity contribution in [2.45, 2.75) is 45.4 Å². The largest absolute Gasteiger partial charge is 0.490 e. The Balaban J connectivity index is 1.42. The van der Waals surface area contributed by atoms with Gasteiger partial charge in [0.25, 0.3) is 5.91 Å². The topological polar surface area (TPSA) is 73.7 Å². The number of hydrogen-bond donors (Lipinski definition) is 0. The normalized spacial score (nSPS) is 19.5. The Morgan fingerprint density at radius 1 is 1.06 bits per heavy atom. The Morgan fingerprint density at radius 3 is 2.55 bits per heavy atom. The summed E-state index contributed by atoms with van der Waals surface area (Å²) in [6.07, 6.45) is 4.91. The first-order valence-corrected chi connectivity index (χ1v) is 11.2. The van der Waals surface area contributed by atoms with Crippen LogP contribution in [0.5, 0.6) is 5.75 Å². The van der Waals surface area contributed by atoms with Crippen molar-refractivity contribution in [2.75, 3.05) is 26.3 Å². The minimum Gasteiger partial charge on any atom is -0.490 e. The maximum Gasteiger partial charge on any atom is 0.312 e. The number of carbonyl (C=O) groups is 2. The first-order chi connectivity index (χ1) is 15.0. The summed E-state index contributed by atoms with van der Waals surface area (Å²) in [5.41, 5.74) is 2.10. The van der Waals surface area contributed by atoms with Gasteiger partial charge in [-0.1, -0.05) is 24.6 Å². The third-order valence-electron chi connectivity index (χ3n) is 6.67. The molecule has 0 bridgehead atoms. The molecule has 1 aromatic heterocycles. The number of carbonyl (C=O) groups excluding carboxylic acids is 2. The van der Waals surface area contributed by atoms with Gasteiger partial charge in [0.15, 0.2) is 5.69 Å². The molecule has 0 saturated carbocycles. The van der Waals surface area contributed by atoms with Gasteiger partial charge in [0.2, 0.25) is 0 Å². The van der Waals surface area contributed by atoms with Crippen LogP contribution < -0.4 is 4.74 Å². The standard InChI is InChI=1S/C24H31N3O4/c1-18-17-20(25-26(18)2)22(28)27-13-11-24(12-14-27)10-6-5-8-19-7-3-4-9-21(19)30-15-16-31-23(24)29/h3-4,7,9,17H,5-6,8,10-16H2,1-2H3. The molecule has 166 valence electrons. The van der Waals surface area contributed by atoms with Crippen LogP contribution in [0.3, 0.4) is 0 Å². The maximum absolute atomic E-state index is 13.1. The number of rotatable bonds is 1. The number of para-hydroxylation sites is 1. The molecule has 1 aromatic carbocycles. The monoisotopic (exact) mass is 425 g/mol. The smallest absolute Gasteiger partial charge is 0.312 e. The molecule has 1 fully saturated rings. The van der Waals surface area contributed by atoms with Gasteiger partial charge < -0.3 is 14.4 Å². The van der Waals surface area contributed by atoms with E-state index in [9.17, 15) is 9.59 Å². The van der Waals surface area contributed by atoms with E-state index in [-0.39, 0.29) is 18.5 Å². The first kappa shape index (κ1) is 21.4. The van der Waals surface area contributed by atoms with E-state index in [0.717, 1.165) is 37.1 Å². The van der Waals surface area contributed by atoms with E-state index in [1.807, 2.05) is 43.1 Å². The molecule has 7 nitrogen and oxygen atoms in total. The number of hydrogen-bond acceptors (Lipinski definition) is 5. The molecule has 0 unspecified atom stereocenters. The third-order valence-corrected chi connectivity index (χ3v) is 6.67. The highest BCUT2D eigenvalue weighted by molar-refractivity contribution is 5.92. The summed E-state index contributed by atoms with van der Waals surface area (Å²) in [5.74, 6) is 0.668. The lowest BCUT2D eigenvalue weighted by Crippen LogP contribution is -2.47. The lowest BCUT2D eigenvalue weighted by Gasteiger charge is -2.40. The Labute approximate surface area is 183 Å². The molecule has 2 aromatic rings. The summed E-state index contributed by atoms with van der Waals surface area (Å²) in [4.78, 5) is 27.7. The van der Waals surface area contributed by atoms with Crippen LogP contribution in [-0.4, -0.2) is 52.9 Å². The van der Waals surface area contributed by atoms with E-state index in [2.05, 4.69) is 11.2 Å². The molecule has 0 radical (unpaired) electrons. The van der Waals surface area contributed by atoms with Crippen molar-refractivity contribution in [3.63, 3.8) is 0 Å². The van der Waals surface area contributed by atoms with Crippen molar-refractivity contribution in [2.24, 2.45) is 12.5 Å². The number of esters is 1. The number of likely N-dealkylation sites (tertiary alicyclic amines) is 1. The number of amides is 1. The molecule has 4 rings (SSSR count). The predicted octanol–water partition coefficient (Wildman–Crippen LogP) is 3.30. The summed E-state index contributed by atoms with van der Waals surface area (Å²) in [6.45, 7) is 3.61. The summed E-state index contributed by atoms with van der Waals surface area (Å²) >= 11 is 0. The second-order valence-electron chi connectivity index (χ2n) is 8.67. The molecule has 0 aliphatic carbocycles. The second kappa shape index (κ2) is 9.12. The quantitative estimate of drug-likeness (QED) is 0.656. The van der Waals surface area contributed by atoms with Gasteiger partial charge in [0, 0.05) is 25.8 Å². The van der Waals surface area contributed by atoms with Crippen LogP contribution in [-0.2, 0) is 23.0 Å². The van der Waals surface area contributed by atoms with Crippen LogP contribution in [0.2, 0.25) is 0 Å². The summed E-state index contributed by atoms with van der Waals surface area (Å²) < 4.78 is 13.2. The molecule has 31 heavy (non-hydrogen) atoms. The highest BCUT2D eigenvalue weighted by Gasteiger charge is 2.43. The first-order valence-electron chi connectivity index (χ1n) is 11.2. The van der Waals surface area contributed by atoms with Crippen molar-refractivity contribution >= 4 is 11.9 Å². The number of aryl methyl sites for hydroxylation is 3. The molecule has 2 aliphatic rings. The molecule has 1 spiro atoms. The van der Waals surface area contributed by atoms with Crippen molar-refractivity contribution < 1.29 is 19.1 Å². The molecule has 0 atom stereocenters. The van der Waals surface area contributed by atoms with E-state index in [1.165, 1.54) is 5.56 Å². The van der Waals surface area contributed by atoms with Crippen LogP contribution in [0.1, 0.15) is 53.8 Å². The number of benzene rings is 1. The van der Waals surface area contributed by atoms with Crippen LogP contribution in [0, 0.1) is 12.3 Å². The molecule has 3 heterocycles. The molecule has 0 N–H and O–H groups in total. The van der Waals surface area contributed by atoms with Gasteiger partial charge in [0.05, 0.1) is 5.41 Å². The highest BCUT2D eigenvalue weighted by Crippen LogP contribution is 2.39. The van der Waals surface area contributed by atoms with Gasteiger partial charge in [-0.2, -0.15) is 5.10 Å². The predicted molar refractivity (Wildman–Crippen MR) is 116 cm³/mol. The van der Waals surface area contributed by atoms with Gasteiger partial charge in [-0.3, -0.25) is 14.3 Å². The van der Waals surface area contributed by atoms with E-state index < -0.39 is 5.41 Å². The van der Waals surface area contributed by atoms with Crippen molar-refractivity contribution in [3.8, 4) is 5.75 Å². The van der Waals surface area contributed by atoms with E-state index in [1.54, 1.807) is 4.68 Å². The minimum atomic E-state index is -0.518. The minimum absolute atomic E-state index is 0.0647. The van der Waals surface area contributed by atoms with Crippen LogP contribution in [0.25, 0.3) is 0 Å². The molecule has 7 heteroatoms. The lowest BCUT2D eigenvalue weighted by molar-refractivity contribution is -0.160. The molecule has 2 aliphatic heterocycles. The zero-order chi connectivity index (χ0) is 21.8. The molecular formula is C24H31N3O4. The summed E-state index contributed by atoms with van der Waals surface area (Å²) in [5, 5.41) is 4.31. The lowest BCUT2D eigenvalue weighted by atomic mass is 9.74. The Kier molecular flexibility index (Phi) is 6.30. The van der Waals surface area contributed by atoms with Crippen molar-refractivity contribution in [1.29, 1.82) is 0 Å². The van der Waals surface area contributed by atoms with E-state index in [4.69, 9.17) is 9.47 Å². The Morgan fingerprint density at radius 2 is 1.81 bits per heavy atom. The van der Waals surface area contributed by atoms with Gasteiger partial charge in [0.1, 0.15) is 19.0 Å². The second-order valence-corrected chi connectivity index (χ2v) is 8.67. The highest BCUT2D eigenvalue weighted by atomic mass is 16.6. The fourth-order valence-corrected chi connectivity index (χ4v) is 4.59. The molecule has 1 amide bonds. The molecule has 1 saturated heterocycles. The van der Waals surface area contributed by atoms with Gasteiger partial charge in [-0.25, -0.2) is 0 Å². The van der Waals surface area contributed by atoms with Crippen LogP contribution in [0.4, 0.5) is 0 Å². The number of nitrogens with zero attached hydrogens (tertiary/aromatic N) is 3. The molecular weight excluding hydrogens is 394 g/mol. The van der Waals surface area contributed by atoms with Gasteiger partial charge >= 0.3 is 5.97 Å². The number of aromatic nitrogens is 2. The fourth-order valence-electron chi connectivity index (χ4n) is 4.59. The van der Waals surface area contributed by atoms with Crippen molar-refractivity contribution in [3.05, 3.63) is 47.3 Å². The number of ether oxygens (including phenoxy) is 2. The van der Waals surface area contributed by atoms with E-state index in [0.29, 0.717) is 38.2 Å². The summed E-state index contributed by atoms with van der Waals surface area (Å²) in [7, 11) is 1.83. The van der Waals surface area contributed by atoms with Gasteiger partial charge in [-0.15, -0.1) is 0 Å². The number of fused-ring (bicyclic) bond motifs is 1. The zero-order valence-electron chi connectivity index (χ0n) is 18.4. The zero-order valence-corrected chi connectivity index (χ0v) is 18.4. The number of cyclic esters (lactones) is 1. The maximum atomic E-state index is 13.1. The Hall–Kier alpha value is -2.83. The van der Waals surface area contributed by atoms with Crippen molar-refractivity contribution in [1.82, 2.24) is 14.7 Å². The Bertz CT molecular complexity index is 925. The van der Waals surface area contributed by atoms with Crippen LogP contribution >= 0.6 is 0 Å². The SMILES string of the molecule is Cc1cc(C(=O)N2CCC3(CCCCc4ccccc4OCCOC3=O)CC2)nn1C. The third kappa shape index (κ3) is 4.60. The fraction of sp³-hybridized carbons (Fsp3) is 0.542. The number of piperidine rings is 1.